The van der Waals surface area contributed by atoms with Gasteiger partial charge in [0, 0.05) is 6.42 Å². The largest absolute Gasteiger partial charge is 0.481 e. The van der Waals surface area contributed by atoms with Crippen LogP contribution in [0, 0.1) is 0 Å². The van der Waals surface area contributed by atoms with Crippen LogP contribution in [-0.4, -0.2) is 29.3 Å². The second-order valence-corrected chi connectivity index (χ2v) is 8.44. The van der Waals surface area contributed by atoms with Crippen molar-refractivity contribution in [3.05, 3.63) is 0 Å². The summed E-state index contributed by atoms with van der Waals surface area (Å²) in [5.74, 6) is -1.03. The summed E-state index contributed by atoms with van der Waals surface area (Å²) in [7, 11) is -4.14. The zero-order valence-corrected chi connectivity index (χ0v) is 16.0. The van der Waals surface area contributed by atoms with Crippen LogP contribution in [0.25, 0.3) is 0 Å². The number of hydrogen-bond acceptors (Lipinski definition) is 3. The van der Waals surface area contributed by atoms with Crippen LogP contribution >= 0.6 is 0 Å². The lowest BCUT2D eigenvalue weighted by Gasteiger charge is -2.12. The lowest BCUT2D eigenvalue weighted by molar-refractivity contribution is -0.137. The summed E-state index contributed by atoms with van der Waals surface area (Å²) in [4.78, 5) is 10.5. The molecule has 1 atom stereocenters. The molecule has 0 radical (unpaired) electrons. The Kier molecular flexibility index (Phi) is 14.3. The standard InChI is InChI=1S/C18H36O5S/c1-2-3-4-5-6-7-8-9-10-11-12-13-14-17(24(21,22)23)15-16-18(19)20/h17H,2-16H2,1H3,(H,19,20)(H,21,22,23). The zero-order chi connectivity index (χ0) is 18.3. The maximum Gasteiger partial charge on any atom is 0.303 e. The van der Waals surface area contributed by atoms with Crippen molar-refractivity contribution in [3.63, 3.8) is 0 Å². The Morgan fingerprint density at radius 1 is 0.792 bits per heavy atom. The molecule has 144 valence electrons. The number of carboxylic acids is 1. The second kappa shape index (κ2) is 14.7. The first-order valence-electron chi connectivity index (χ1n) is 9.56. The predicted molar refractivity (Wildman–Crippen MR) is 97.9 cm³/mol. The molecule has 0 aliphatic rings. The molecule has 0 saturated carbocycles. The van der Waals surface area contributed by atoms with Gasteiger partial charge in [-0.1, -0.05) is 84.0 Å². The van der Waals surface area contributed by atoms with Crippen LogP contribution < -0.4 is 0 Å². The molecule has 6 heteroatoms. The number of unbranched alkanes of at least 4 members (excludes halogenated alkanes) is 11. The van der Waals surface area contributed by atoms with Crippen molar-refractivity contribution in [3.8, 4) is 0 Å². The van der Waals surface area contributed by atoms with Crippen molar-refractivity contribution in [2.75, 3.05) is 0 Å². The number of carboxylic acid groups (broad SMARTS) is 1. The number of rotatable bonds is 17. The van der Waals surface area contributed by atoms with Crippen molar-refractivity contribution < 1.29 is 22.9 Å². The molecule has 1 unspecified atom stereocenters. The molecule has 0 aliphatic carbocycles. The maximum absolute atomic E-state index is 11.2. The average Bonchev–Trinajstić information content (AvgIpc) is 2.49. The topological polar surface area (TPSA) is 91.7 Å². The first-order chi connectivity index (χ1) is 11.4. The van der Waals surface area contributed by atoms with Crippen molar-refractivity contribution in [1.82, 2.24) is 0 Å². The fourth-order valence-electron chi connectivity index (χ4n) is 2.94. The quantitative estimate of drug-likeness (QED) is 0.273. The summed E-state index contributed by atoms with van der Waals surface area (Å²) in [5, 5.41) is 7.69. The third-order valence-electron chi connectivity index (χ3n) is 4.48. The van der Waals surface area contributed by atoms with E-state index in [9.17, 15) is 13.2 Å². The van der Waals surface area contributed by atoms with Gasteiger partial charge in [0.2, 0.25) is 0 Å². The summed E-state index contributed by atoms with van der Waals surface area (Å²) in [6, 6.07) is 0. The minimum atomic E-state index is -4.14. The van der Waals surface area contributed by atoms with Gasteiger partial charge in [-0.2, -0.15) is 8.42 Å². The van der Waals surface area contributed by atoms with E-state index in [-0.39, 0.29) is 12.8 Å². The monoisotopic (exact) mass is 364 g/mol. The third kappa shape index (κ3) is 14.9. The fraction of sp³-hybridized carbons (Fsp3) is 0.944. The van der Waals surface area contributed by atoms with Gasteiger partial charge in [-0.15, -0.1) is 0 Å². The lowest BCUT2D eigenvalue weighted by Crippen LogP contribution is -2.21. The highest BCUT2D eigenvalue weighted by Crippen LogP contribution is 2.17. The molecule has 5 nitrogen and oxygen atoms in total. The normalized spacial score (nSPS) is 13.1. The minimum absolute atomic E-state index is 0.00774. The highest BCUT2D eigenvalue weighted by molar-refractivity contribution is 7.86. The number of hydrogen-bond donors (Lipinski definition) is 2. The summed E-state index contributed by atoms with van der Waals surface area (Å²) >= 11 is 0. The van der Waals surface area contributed by atoms with Crippen LogP contribution in [0.4, 0.5) is 0 Å². The van der Waals surface area contributed by atoms with Crippen LogP contribution in [0.2, 0.25) is 0 Å². The number of carbonyl (C=O) groups is 1. The van der Waals surface area contributed by atoms with Crippen molar-refractivity contribution in [1.29, 1.82) is 0 Å². The van der Waals surface area contributed by atoms with E-state index in [2.05, 4.69) is 6.92 Å². The molecule has 0 saturated heterocycles. The Morgan fingerprint density at radius 3 is 1.58 bits per heavy atom. The molecule has 0 aromatic carbocycles. The van der Waals surface area contributed by atoms with Gasteiger partial charge in [-0.05, 0) is 12.8 Å². The molecule has 0 bridgehead atoms. The van der Waals surface area contributed by atoms with Gasteiger partial charge in [-0.25, -0.2) is 0 Å². The van der Waals surface area contributed by atoms with E-state index in [1.807, 2.05) is 0 Å². The van der Waals surface area contributed by atoms with E-state index in [1.54, 1.807) is 0 Å². The van der Waals surface area contributed by atoms with Crippen molar-refractivity contribution in [2.24, 2.45) is 0 Å². The molecule has 0 amide bonds. The smallest absolute Gasteiger partial charge is 0.303 e. The Morgan fingerprint density at radius 2 is 1.21 bits per heavy atom. The SMILES string of the molecule is CCCCCCCCCCCCCCC(CCC(=O)O)S(=O)(=O)O. The zero-order valence-electron chi connectivity index (χ0n) is 15.2. The summed E-state index contributed by atoms with van der Waals surface area (Å²) in [5.41, 5.74) is 0. The predicted octanol–water partition coefficient (Wildman–Crippen LogP) is 5.20. The molecule has 24 heavy (non-hydrogen) atoms. The highest BCUT2D eigenvalue weighted by Gasteiger charge is 2.23. The molecular formula is C18H36O5S. The molecule has 2 N–H and O–H groups in total. The Balaban J connectivity index is 3.57. The molecular weight excluding hydrogens is 328 g/mol. The van der Waals surface area contributed by atoms with E-state index in [0.29, 0.717) is 6.42 Å². The van der Waals surface area contributed by atoms with Gasteiger partial charge in [0.25, 0.3) is 10.1 Å². The first kappa shape index (κ1) is 23.4. The van der Waals surface area contributed by atoms with Crippen LogP contribution in [0.3, 0.4) is 0 Å². The summed E-state index contributed by atoms with van der Waals surface area (Å²) in [6.45, 7) is 2.23. The Hall–Kier alpha value is -0.620. The van der Waals surface area contributed by atoms with Crippen LogP contribution in [-0.2, 0) is 14.9 Å². The number of aliphatic carboxylic acids is 1. The van der Waals surface area contributed by atoms with Crippen LogP contribution in [0.5, 0.6) is 0 Å². The fourth-order valence-corrected chi connectivity index (χ4v) is 3.82. The van der Waals surface area contributed by atoms with Gasteiger partial charge in [0.15, 0.2) is 0 Å². The molecule has 0 rings (SSSR count). The summed E-state index contributed by atoms with van der Waals surface area (Å²) in [6.07, 6.45) is 14.5. The van der Waals surface area contributed by atoms with Crippen LogP contribution in [0.15, 0.2) is 0 Å². The molecule has 0 spiro atoms. The third-order valence-corrected chi connectivity index (χ3v) is 5.79. The molecule has 0 aromatic heterocycles. The lowest BCUT2D eigenvalue weighted by atomic mass is 10.0. The van der Waals surface area contributed by atoms with E-state index in [1.165, 1.54) is 57.8 Å². The molecule has 0 fully saturated rings. The average molecular weight is 365 g/mol. The molecule has 0 heterocycles. The van der Waals surface area contributed by atoms with E-state index >= 15 is 0 Å². The van der Waals surface area contributed by atoms with Crippen molar-refractivity contribution in [2.45, 2.75) is 108 Å². The van der Waals surface area contributed by atoms with Gasteiger partial charge in [0.1, 0.15) is 0 Å². The van der Waals surface area contributed by atoms with Crippen molar-refractivity contribution >= 4 is 16.1 Å². The maximum atomic E-state index is 11.2. The van der Waals surface area contributed by atoms with Gasteiger partial charge < -0.3 is 5.11 Å². The van der Waals surface area contributed by atoms with Crippen LogP contribution in [0.1, 0.15) is 103 Å². The molecule has 0 aromatic rings. The van der Waals surface area contributed by atoms with E-state index in [4.69, 9.17) is 9.66 Å². The Labute approximate surface area is 148 Å². The van der Waals surface area contributed by atoms with Gasteiger partial charge in [0.05, 0.1) is 5.25 Å². The van der Waals surface area contributed by atoms with E-state index in [0.717, 1.165) is 19.3 Å². The van der Waals surface area contributed by atoms with Gasteiger partial charge in [-0.3, -0.25) is 9.35 Å². The Bertz CT molecular complexity index is 406. The first-order valence-corrected chi connectivity index (χ1v) is 11.1. The molecule has 0 aliphatic heterocycles. The van der Waals surface area contributed by atoms with E-state index < -0.39 is 21.3 Å². The summed E-state index contributed by atoms with van der Waals surface area (Å²) < 4.78 is 31.6. The highest BCUT2D eigenvalue weighted by atomic mass is 32.2. The minimum Gasteiger partial charge on any atom is -0.481 e. The second-order valence-electron chi connectivity index (χ2n) is 6.75. The van der Waals surface area contributed by atoms with Gasteiger partial charge >= 0.3 is 5.97 Å².